The lowest BCUT2D eigenvalue weighted by Gasteiger charge is -2.26. The van der Waals surface area contributed by atoms with Crippen molar-refractivity contribution in [1.29, 1.82) is 0 Å². The van der Waals surface area contributed by atoms with Crippen LogP contribution in [0, 0.1) is 0 Å². The molecule has 2 rings (SSSR count). The van der Waals surface area contributed by atoms with Gasteiger partial charge in [-0.05, 0) is 12.8 Å². The number of carbonyl (C=O) groups is 5. The van der Waals surface area contributed by atoms with E-state index in [-0.39, 0.29) is 19.3 Å². The molecule has 118 valence electrons. The summed E-state index contributed by atoms with van der Waals surface area (Å²) in [5.41, 5.74) is 0. The number of likely N-dealkylation sites (tertiary alicyclic amines) is 1. The van der Waals surface area contributed by atoms with Crippen LogP contribution in [0.4, 0.5) is 0 Å². The van der Waals surface area contributed by atoms with Gasteiger partial charge in [0, 0.05) is 24.6 Å². The molecule has 1 fully saturated rings. The van der Waals surface area contributed by atoms with Crippen LogP contribution in [0.15, 0.2) is 12.2 Å². The van der Waals surface area contributed by atoms with Crippen molar-refractivity contribution in [3.63, 3.8) is 0 Å². The molecule has 0 bridgehead atoms. The first kappa shape index (κ1) is 15.9. The van der Waals surface area contributed by atoms with Gasteiger partial charge in [0.2, 0.25) is 5.91 Å². The van der Waals surface area contributed by atoms with E-state index in [0.717, 1.165) is 22.0 Å². The van der Waals surface area contributed by atoms with E-state index < -0.39 is 41.7 Å². The zero-order chi connectivity index (χ0) is 16.4. The maximum atomic E-state index is 12.4. The van der Waals surface area contributed by atoms with Crippen molar-refractivity contribution >= 4 is 29.6 Å². The number of hydrogen-bond acceptors (Lipinski definition) is 5. The molecule has 2 aliphatic heterocycles. The van der Waals surface area contributed by atoms with Gasteiger partial charge in [-0.2, -0.15) is 0 Å². The average molecular weight is 308 g/mol. The summed E-state index contributed by atoms with van der Waals surface area (Å²) in [7, 11) is 0. The first-order chi connectivity index (χ1) is 10.4. The summed E-state index contributed by atoms with van der Waals surface area (Å²) in [5.74, 6) is -3.34. The summed E-state index contributed by atoms with van der Waals surface area (Å²) in [6, 6.07) is -1.66. The van der Waals surface area contributed by atoms with Gasteiger partial charge < -0.3 is 5.11 Å². The Hall–Kier alpha value is -2.51. The van der Waals surface area contributed by atoms with E-state index >= 15 is 0 Å². The summed E-state index contributed by atoms with van der Waals surface area (Å²) < 4.78 is 0. The van der Waals surface area contributed by atoms with E-state index in [4.69, 9.17) is 5.11 Å². The second kappa shape index (κ2) is 6.08. The molecule has 0 saturated carbocycles. The molecule has 0 spiro atoms. The SMILES string of the molecule is CCC(CCC(=O)O)N1C(=O)CC(N2C(=O)C=CC2=O)C1=O. The third-order valence-corrected chi connectivity index (χ3v) is 3.84. The summed E-state index contributed by atoms with van der Waals surface area (Å²) >= 11 is 0. The van der Waals surface area contributed by atoms with Crippen molar-refractivity contribution in [2.75, 3.05) is 0 Å². The van der Waals surface area contributed by atoms with Crippen molar-refractivity contribution in [2.45, 2.75) is 44.7 Å². The number of hydrogen-bond donors (Lipinski definition) is 1. The Labute approximate surface area is 126 Å². The van der Waals surface area contributed by atoms with Gasteiger partial charge in [-0.15, -0.1) is 0 Å². The predicted molar refractivity (Wildman–Crippen MR) is 72.2 cm³/mol. The van der Waals surface area contributed by atoms with Gasteiger partial charge >= 0.3 is 5.97 Å². The van der Waals surface area contributed by atoms with Gasteiger partial charge in [0.1, 0.15) is 6.04 Å². The fraction of sp³-hybridized carbons (Fsp3) is 0.500. The number of rotatable bonds is 6. The summed E-state index contributed by atoms with van der Waals surface area (Å²) in [6.07, 6.45) is 2.27. The second-order valence-corrected chi connectivity index (χ2v) is 5.20. The minimum Gasteiger partial charge on any atom is -0.481 e. The molecule has 2 heterocycles. The van der Waals surface area contributed by atoms with E-state index in [2.05, 4.69) is 0 Å². The summed E-state index contributed by atoms with van der Waals surface area (Å²) in [6.45, 7) is 1.74. The largest absolute Gasteiger partial charge is 0.481 e. The van der Waals surface area contributed by atoms with Crippen LogP contribution in [-0.2, 0) is 24.0 Å². The van der Waals surface area contributed by atoms with Gasteiger partial charge in [0.25, 0.3) is 17.7 Å². The molecule has 8 nitrogen and oxygen atoms in total. The standard InChI is InChI=1S/C14H16N2O6/c1-2-8(3-6-13(20)21)15-12(19)7-9(14(15)22)16-10(17)4-5-11(16)18/h4-5,8-9H,2-3,6-7H2,1H3,(H,20,21). The summed E-state index contributed by atoms with van der Waals surface area (Å²) in [5, 5.41) is 8.73. The van der Waals surface area contributed by atoms with E-state index in [9.17, 15) is 24.0 Å². The molecule has 22 heavy (non-hydrogen) atoms. The molecule has 0 aliphatic carbocycles. The fourth-order valence-corrected chi connectivity index (χ4v) is 2.74. The number of imide groups is 2. The topological polar surface area (TPSA) is 112 Å². The zero-order valence-corrected chi connectivity index (χ0v) is 12.0. The molecular formula is C14H16N2O6. The molecule has 0 radical (unpaired) electrons. The van der Waals surface area contributed by atoms with Gasteiger partial charge in [-0.3, -0.25) is 33.8 Å². The van der Waals surface area contributed by atoms with E-state index in [0.29, 0.717) is 6.42 Å². The van der Waals surface area contributed by atoms with Crippen LogP contribution in [0.3, 0.4) is 0 Å². The number of carbonyl (C=O) groups excluding carboxylic acids is 4. The highest BCUT2D eigenvalue weighted by atomic mass is 16.4. The molecule has 2 atom stereocenters. The first-order valence-corrected chi connectivity index (χ1v) is 6.99. The first-order valence-electron chi connectivity index (χ1n) is 6.99. The Balaban J connectivity index is 2.16. The smallest absolute Gasteiger partial charge is 0.303 e. The Morgan fingerprint density at radius 3 is 2.36 bits per heavy atom. The van der Waals surface area contributed by atoms with Crippen molar-refractivity contribution in [1.82, 2.24) is 9.80 Å². The van der Waals surface area contributed by atoms with Gasteiger partial charge in [0.05, 0.1) is 6.42 Å². The zero-order valence-electron chi connectivity index (χ0n) is 12.0. The van der Waals surface area contributed by atoms with Crippen LogP contribution in [0.5, 0.6) is 0 Å². The third kappa shape index (κ3) is 2.76. The Kier molecular flexibility index (Phi) is 4.39. The second-order valence-electron chi connectivity index (χ2n) is 5.20. The molecule has 0 aromatic rings. The molecule has 1 saturated heterocycles. The average Bonchev–Trinajstić information content (AvgIpc) is 2.92. The maximum absolute atomic E-state index is 12.4. The fourth-order valence-electron chi connectivity index (χ4n) is 2.74. The van der Waals surface area contributed by atoms with Crippen LogP contribution < -0.4 is 0 Å². The molecular weight excluding hydrogens is 292 g/mol. The summed E-state index contributed by atoms with van der Waals surface area (Å²) in [4.78, 5) is 60.3. The van der Waals surface area contributed by atoms with Crippen molar-refractivity contribution in [3.05, 3.63) is 12.2 Å². The minimum absolute atomic E-state index is 0.149. The van der Waals surface area contributed by atoms with Gasteiger partial charge in [0.15, 0.2) is 0 Å². The van der Waals surface area contributed by atoms with Crippen LogP contribution in [0.1, 0.15) is 32.6 Å². The molecule has 0 aromatic heterocycles. The van der Waals surface area contributed by atoms with E-state index in [1.54, 1.807) is 6.92 Å². The quantitative estimate of drug-likeness (QED) is 0.673. The lowest BCUT2D eigenvalue weighted by molar-refractivity contribution is -0.149. The normalized spacial score (nSPS) is 22.9. The number of nitrogens with zero attached hydrogens (tertiary/aromatic N) is 2. The molecule has 2 aliphatic rings. The molecule has 0 aromatic carbocycles. The van der Waals surface area contributed by atoms with Crippen molar-refractivity contribution in [2.24, 2.45) is 0 Å². The minimum atomic E-state index is -1.12. The lowest BCUT2D eigenvalue weighted by atomic mass is 10.1. The number of carboxylic acid groups (broad SMARTS) is 1. The molecule has 4 amide bonds. The highest BCUT2D eigenvalue weighted by Crippen LogP contribution is 2.26. The molecule has 2 unspecified atom stereocenters. The Morgan fingerprint density at radius 2 is 1.86 bits per heavy atom. The highest BCUT2D eigenvalue weighted by molar-refractivity contribution is 6.17. The van der Waals surface area contributed by atoms with E-state index in [1.165, 1.54) is 0 Å². The Morgan fingerprint density at radius 1 is 1.27 bits per heavy atom. The van der Waals surface area contributed by atoms with Gasteiger partial charge in [-0.1, -0.05) is 6.92 Å². The van der Waals surface area contributed by atoms with E-state index in [1.807, 2.05) is 0 Å². The number of amides is 4. The molecule has 8 heteroatoms. The monoisotopic (exact) mass is 308 g/mol. The predicted octanol–water partition coefficient (Wildman–Crippen LogP) is -0.318. The molecule has 1 N–H and O–H groups in total. The number of aliphatic carboxylic acids is 1. The van der Waals surface area contributed by atoms with Crippen LogP contribution in [0.25, 0.3) is 0 Å². The van der Waals surface area contributed by atoms with Crippen molar-refractivity contribution in [3.8, 4) is 0 Å². The van der Waals surface area contributed by atoms with Crippen LogP contribution in [0.2, 0.25) is 0 Å². The Bertz CT molecular complexity index is 564. The third-order valence-electron chi connectivity index (χ3n) is 3.84. The van der Waals surface area contributed by atoms with Crippen LogP contribution >= 0.6 is 0 Å². The van der Waals surface area contributed by atoms with Crippen molar-refractivity contribution < 1.29 is 29.1 Å². The highest BCUT2D eigenvalue weighted by Gasteiger charge is 2.48. The lowest BCUT2D eigenvalue weighted by Crippen LogP contribution is -2.47. The maximum Gasteiger partial charge on any atom is 0.303 e. The van der Waals surface area contributed by atoms with Gasteiger partial charge in [-0.25, -0.2) is 0 Å². The van der Waals surface area contributed by atoms with Crippen LogP contribution in [-0.4, -0.2) is 56.6 Å². The number of carboxylic acids is 1.